The Morgan fingerprint density at radius 1 is 0.947 bits per heavy atom. The van der Waals surface area contributed by atoms with Gasteiger partial charge in [-0.3, -0.25) is 0 Å². The first-order valence-electron chi connectivity index (χ1n) is 8.55. The molecule has 3 unspecified atom stereocenters. The van der Waals surface area contributed by atoms with Crippen LogP contribution in [0.25, 0.3) is 0 Å². The summed E-state index contributed by atoms with van der Waals surface area (Å²) < 4.78 is 0. The van der Waals surface area contributed by atoms with Crippen LogP contribution in [0.4, 0.5) is 0 Å². The highest BCUT2D eigenvalue weighted by atomic mass is 14.9. The van der Waals surface area contributed by atoms with Gasteiger partial charge in [0.1, 0.15) is 0 Å². The predicted octanol–water partition coefficient (Wildman–Crippen LogP) is 5.40. The highest BCUT2D eigenvalue weighted by Gasteiger charge is 2.27. The molecule has 1 N–H and O–H groups in total. The average molecular weight is 268 g/mol. The molecule has 0 aromatic rings. The van der Waals surface area contributed by atoms with E-state index in [4.69, 9.17) is 0 Å². The Balaban J connectivity index is 2.33. The van der Waals surface area contributed by atoms with Crippen LogP contribution in [-0.4, -0.2) is 12.1 Å². The Kier molecular flexibility index (Phi) is 6.86. The van der Waals surface area contributed by atoms with Gasteiger partial charge in [-0.1, -0.05) is 41.0 Å². The van der Waals surface area contributed by atoms with Gasteiger partial charge in [0.2, 0.25) is 0 Å². The van der Waals surface area contributed by atoms with Crippen LogP contribution < -0.4 is 5.32 Å². The minimum Gasteiger partial charge on any atom is -0.312 e. The zero-order valence-electron chi connectivity index (χ0n) is 14.3. The lowest BCUT2D eigenvalue weighted by Gasteiger charge is -2.30. The van der Waals surface area contributed by atoms with Gasteiger partial charge in [-0.2, -0.15) is 0 Å². The van der Waals surface area contributed by atoms with Crippen molar-refractivity contribution < 1.29 is 0 Å². The van der Waals surface area contributed by atoms with Gasteiger partial charge < -0.3 is 5.32 Å². The first-order valence-corrected chi connectivity index (χ1v) is 8.55. The second-order valence-corrected chi connectivity index (χ2v) is 8.31. The van der Waals surface area contributed by atoms with E-state index in [1.54, 1.807) is 0 Å². The minimum atomic E-state index is 0.498. The summed E-state index contributed by atoms with van der Waals surface area (Å²) in [6.45, 7) is 14.3. The van der Waals surface area contributed by atoms with Crippen molar-refractivity contribution in [1.82, 2.24) is 5.32 Å². The van der Waals surface area contributed by atoms with E-state index in [1.165, 1.54) is 44.9 Å². The van der Waals surface area contributed by atoms with Crippen molar-refractivity contribution in [3.63, 3.8) is 0 Å². The van der Waals surface area contributed by atoms with Crippen LogP contribution in [0.5, 0.6) is 0 Å². The molecule has 1 fully saturated rings. The van der Waals surface area contributed by atoms with Crippen molar-refractivity contribution >= 4 is 0 Å². The number of hydrogen-bond donors (Lipinski definition) is 1. The summed E-state index contributed by atoms with van der Waals surface area (Å²) in [7, 11) is 0. The van der Waals surface area contributed by atoms with E-state index in [9.17, 15) is 0 Å². The molecule has 0 bridgehead atoms. The largest absolute Gasteiger partial charge is 0.312 e. The van der Waals surface area contributed by atoms with Gasteiger partial charge in [0.15, 0.2) is 0 Å². The highest BCUT2D eigenvalue weighted by molar-refractivity contribution is 4.82. The van der Waals surface area contributed by atoms with Gasteiger partial charge in [0.25, 0.3) is 0 Å². The summed E-state index contributed by atoms with van der Waals surface area (Å²) in [5, 5.41) is 3.89. The summed E-state index contributed by atoms with van der Waals surface area (Å²) in [6, 6.07) is 1.47. The molecular formula is C18H37N. The first-order chi connectivity index (χ1) is 8.79. The number of rotatable bonds is 5. The minimum absolute atomic E-state index is 0.498. The molecule has 1 rings (SSSR count). The Hall–Kier alpha value is -0.0400. The van der Waals surface area contributed by atoms with Gasteiger partial charge in [0.05, 0.1) is 0 Å². The molecular weight excluding hydrogens is 230 g/mol. The van der Waals surface area contributed by atoms with E-state index in [1.807, 2.05) is 0 Å². The molecule has 0 heterocycles. The number of hydrogen-bond acceptors (Lipinski definition) is 1. The van der Waals surface area contributed by atoms with Crippen molar-refractivity contribution in [3.8, 4) is 0 Å². The van der Waals surface area contributed by atoms with Gasteiger partial charge in [-0.05, 0) is 62.7 Å². The zero-order chi connectivity index (χ0) is 14.5. The normalized spacial score (nSPS) is 27.3. The third-order valence-corrected chi connectivity index (χ3v) is 4.89. The molecule has 3 atom stereocenters. The lowest BCUT2D eigenvalue weighted by Crippen LogP contribution is -2.36. The first kappa shape index (κ1) is 17.0. The maximum atomic E-state index is 3.89. The van der Waals surface area contributed by atoms with E-state index in [-0.39, 0.29) is 0 Å². The molecule has 1 nitrogen and oxygen atoms in total. The lowest BCUT2D eigenvalue weighted by molar-refractivity contribution is 0.213. The molecule has 1 saturated carbocycles. The highest BCUT2D eigenvalue weighted by Crippen LogP contribution is 2.36. The molecule has 1 aliphatic rings. The standard InChI is InChI=1S/C18H37N/c1-14(2)10-11-15(3)19-17-9-7-8-16(12-13-17)18(4,5)6/h14-17,19H,7-13H2,1-6H3. The fraction of sp³-hybridized carbons (Fsp3) is 1.00. The van der Waals surface area contributed by atoms with Crippen LogP contribution in [0.15, 0.2) is 0 Å². The summed E-state index contributed by atoms with van der Waals surface area (Å²) >= 11 is 0. The van der Waals surface area contributed by atoms with Crippen LogP contribution in [0, 0.1) is 17.3 Å². The van der Waals surface area contributed by atoms with Gasteiger partial charge >= 0.3 is 0 Å². The molecule has 114 valence electrons. The molecule has 1 aliphatic carbocycles. The molecule has 19 heavy (non-hydrogen) atoms. The van der Waals surface area contributed by atoms with Crippen LogP contribution >= 0.6 is 0 Å². The van der Waals surface area contributed by atoms with Crippen molar-refractivity contribution in [2.75, 3.05) is 0 Å². The summed E-state index contributed by atoms with van der Waals surface area (Å²) in [5.74, 6) is 1.76. The Morgan fingerprint density at radius 2 is 1.63 bits per heavy atom. The van der Waals surface area contributed by atoms with Crippen molar-refractivity contribution in [1.29, 1.82) is 0 Å². The maximum Gasteiger partial charge on any atom is 0.00696 e. The predicted molar refractivity (Wildman–Crippen MR) is 86.5 cm³/mol. The number of nitrogens with one attached hydrogen (secondary N) is 1. The quantitative estimate of drug-likeness (QED) is 0.658. The van der Waals surface area contributed by atoms with Gasteiger partial charge in [-0.15, -0.1) is 0 Å². The topological polar surface area (TPSA) is 12.0 Å². The fourth-order valence-electron chi connectivity index (χ4n) is 3.40. The second kappa shape index (κ2) is 7.67. The van der Waals surface area contributed by atoms with Crippen LogP contribution in [0.2, 0.25) is 0 Å². The van der Waals surface area contributed by atoms with E-state index >= 15 is 0 Å². The Labute approximate surface area is 121 Å². The molecule has 0 radical (unpaired) electrons. The van der Waals surface area contributed by atoms with Gasteiger partial charge in [0, 0.05) is 12.1 Å². The second-order valence-electron chi connectivity index (χ2n) is 8.31. The summed E-state index contributed by atoms with van der Waals surface area (Å²) in [4.78, 5) is 0. The van der Waals surface area contributed by atoms with Crippen LogP contribution in [0.3, 0.4) is 0 Å². The van der Waals surface area contributed by atoms with E-state index < -0.39 is 0 Å². The monoisotopic (exact) mass is 267 g/mol. The fourth-order valence-corrected chi connectivity index (χ4v) is 3.40. The molecule has 0 spiro atoms. The molecule has 1 heteroatoms. The lowest BCUT2D eigenvalue weighted by atomic mass is 9.76. The van der Waals surface area contributed by atoms with Gasteiger partial charge in [-0.25, -0.2) is 0 Å². The van der Waals surface area contributed by atoms with Crippen molar-refractivity contribution in [3.05, 3.63) is 0 Å². The van der Waals surface area contributed by atoms with E-state index in [0.717, 1.165) is 17.9 Å². The zero-order valence-corrected chi connectivity index (χ0v) is 14.3. The summed E-state index contributed by atoms with van der Waals surface area (Å²) in [5.41, 5.74) is 0.498. The maximum absolute atomic E-state index is 3.89. The van der Waals surface area contributed by atoms with E-state index in [2.05, 4.69) is 46.9 Å². The van der Waals surface area contributed by atoms with Crippen LogP contribution in [-0.2, 0) is 0 Å². The average Bonchev–Trinajstić information content (AvgIpc) is 2.51. The van der Waals surface area contributed by atoms with Crippen LogP contribution in [0.1, 0.15) is 86.5 Å². The van der Waals surface area contributed by atoms with Crippen molar-refractivity contribution in [2.24, 2.45) is 17.3 Å². The molecule has 0 saturated heterocycles. The molecule has 0 aromatic carbocycles. The SMILES string of the molecule is CC(C)CCC(C)NC1CCCC(C(C)(C)C)CC1. The molecule has 0 aromatic heterocycles. The Morgan fingerprint density at radius 3 is 2.21 bits per heavy atom. The smallest absolute Gasteiger partial charge is 0.00696 e. The Bertz CT molecular complexity index is 239. The van der Waals surface area contributed by atoms with Crippen molar-refractivity contribution in [2.45, 2.75) is 98.6 Å². The summed E-state index contributed by atoms with van der Waals surface area (Å²) in [6.07, 6.45) is 9.71. The molecule has 0 aliphatic heterocycles. The third-order valence-electron chi connectivity index (χ3n) is 4.89. The third kappa shape index (κ3) is 6.79. The van der Waals surface area contributed by atoms with E-state index in [0.29, 0.717) is 11.5 Å². The molecule has 0 amide bonds.